The zero-order chi connectivity index (χ0) is 20.7. The molecule has 0 amide bonds. The SMILES string of the molecule is COc1cccc(C2=CC(c3ccc4c(c3O)CCCC4)c3cc(Br)ccc3O2)c1. The summed E-state index contributed by atoms with van der Waals surface area (Å²) in [7, 11) is 1.66. The summed E-state index contributed by atoms with van der Waals surface area (Å²) < 4.78 is 12.7. The molecule has 30 heavy (non-hydrogen) atoms. The standard InChI is InChI=1S/C26H23BrO3/c1-29-19-7-4-6-17(13-19)25-15-22(23-14-18(27)10-12-24(23)30-25)21-11-9-16-5-2-3-8-20(16)26(21)28/h4,6-7,9-15,22,28H,2-3,5,8H2,1H3. The molecule has 0 fully saturated rings. The third-order valence-electron chi connectivity index (χ3n) is 6.07. The molecule has 0 spiro atoms. The summed E-state index contributed by atoms with van der Waals surface area (Å²) in [5, 5.41) is 11.2. The van der Waals surface area contributed by atoms with E-state index in [-0.39, 0.29) is 5.92 Å². The van der Waals surface area contributed by atoms with Crippen LogP contribution in [-0.4, -0.2) is 12.2 Å². The summed E-state index contributed by atoms with van der Waals surface area (Å²) in [6, 6.07) is 18.2. The second-order valence-electron chi connectivity index (χ2n) is 7.87. The first kappa shape index (κ1) is 19.3. The summed E-state index contributed by atoms with van der Waals surface area (Å²) >= 11 is 3.59. The first-order valence-corrected chi connectivity index (χ1v) is 11.1. The summed E-state index contributed by atoms with van der Waals surface area (Å²) in [4.78, 5) is 0. The van der Waals surface area contributed by atoms with Gasteiger partial charge in [-0.05, 0) is 73.2 Å². The summed E-state index contributed by atoms with van der Waals surface area (Å²) in [6.45, 7) is 0. The number of hydrogen-bond acceptors (Lipinski definition) is 3. The van der Waals surface area contributed by atoms with Crippen molar-refractivity contribution in [2.24, 2.45) is 0 Å². The highest BCUT2D eigenvalue weighted by molar-refractivity contribution is 9.10. The third-order valence-corrected chi connectivity index (χ3v) is 6.56. The van der Waals surface area contributed by atoms with Crippen LogP contribution in [-0.2, 0) is 12.8 Å². The molecule has 3 nitrogen and oxygen atoms in total. The maximum atomic E-state index is 11.2. The number of hydrogen-bond donors (Lipinski definition) is 1. The lowest BCUT2D eigenvalue weighted by Crippen LogP contribution is -2.12. The molecule has 1 N–H and O–H groups in total. The Morgan fingerprint density at radius 2 is 1.87 bits per heavy atom. The molecule has 1 aliphatic carbocycles. The Balaban J connectivity index is 1.67. The van der Waals surface area contributed by atoms with Crippen molar-refractivity contribution in [2.45, 2.75) is 31.6 Å². The number of fused-ring (bicyclic) bond motifs is 2. The number of ether oxygens (including phenoxy) is 2. The lowest BCUT2D eigenvalue weighted by molar-refractivity contribution is 0.414. The molecule has 3 aromatic rings. The van der Waals surface area contributed by atoms with Crippen molar-refractivity contribution in [3.8, 4) is 17.2 Å². The average molecular weight is 463 g/mol. The molecule has 0 saturated carbocycles. The van der Waals surface area contributed by atoms with Crippen LogP contribution in [0.2, 0.25) is 0 Å². The zero-order valence-electron chi connectivity index (χ0n) is 16.8. The van der Waals surface area contributed by atoms with Gasteiger partial charge < -0.3 is 14.6 Å². The van der Waals surface area contributed by atoms with Crippen LogP contribution in [0.15, 0.2) is 65.1 Å². The van der Waals surface area contributed by atoms with Gasteiger partial charge in [0.05, 0.1) is 7.11 Å². The summed E-state index contributed by atoms with van der Waals surface area (Å²) in [5.41, 5.74) is 5.31. The molecule has 0 radical (unpaired) electrons. The Bertz CT molecular complexity index is 1150. The summed E-state index contributed by atoms with van der Waals surface area (Å²) in [5.74, 6) is 2.70. The highest BCUT2D eigenvalue weighted by Crippen LogP contribution is 2.46. The molecule has 0 aromatic heterocycles. The molecule has 2 aliphatic rings. The molecular formula is C26H23BrO3. The topological polar surface area (TPSA) is 38.7 Å². The van der Waals surface area contributed by atoms with Crippen molar-refractivity contribution in [1.29, 1.82) is 0 Å². The molecule has 3 aromatic carbocycles. The van der Waals surface area contributed by atoms with Gasteiger partial charge in [0.25, 0.3) is 0 Å². The fourth-order valence-electron chi connectivity index (χ4n) is 4.52. The summed E-state index contributed by atoms with van der Waals surface area (Å²) in [6.07, 6.45) is 6.41. The molecule has 1 aliphatic heterocycles. The third kappa shape index (κ3) is 3.39. The van der Waals surface area contributed by atoms with Crippen molar-refractivity contribution in [2.75, 3.05) is 7.11 Å². The lowest BCUT2D eigenvalue weighted by Gasteiger charge is -2.28. The van der Waals surface area contributed by atoms with E-state index >= 15 is 0 Å². The van der Waals surface area contributed by atoms with E-state index < -0.39 is 0 Å². The van der Waals surface area contributed by atoms with Crippen LogP contribution in [0.1, 0.15) is 46.6 Å². The number of allylic oxidation sites excluding steroid dienone is 1. The van der Waals surface area contributed by atoms with E-state index in [1.807, 2.05) is 36.4 Å². The smallest absolute Gasteiger partial charge is 0.131 e. The highest BCUT2D eigenvalue weighted by Gasteiger charge is 2.28. The van der Waals surface area contributed by atoms with Crippen LogP contribution >= 0.6 is 15.9 Å². The lowest BCUT2D eigenvalue weighted by atomic mass is 9.82. The van der Waals surface area contributed by atoms with Gasteiger partial charge in [-0.2, -0.15) is 0 Å². The minimum Gasteiger partial charge on any atom is -0.507 e. The van der Waals surface area contributed by atoms with Gasteiger partial charge >= 0.3 is 0 Å². The van der Waals surface area contributed by atoms with E-state index in [1.54, 1.807) is 7.11 Å². The predicted molar refractivity (Wildman–Crippen MR) is 122 cm³/mol. The van der Waals surface area contributed by atoms with E-state index in [4.69, 9.17) is 9.47 Å². The van der Waals surface area contributed by atoms with Crippen LogP contribution in [0, 0.1) is 0 Å². The highest BCUT2D eigenvalue weighted by atomic mass is 79.9. The second kappa shape index (κ2) is 7.84. The Kier molecular flexibility index (Phi) is 5.03. The maximum Gasteiger partial charge on any atom is 0.131 e. The fourth-order valence-corrected chi connectivity index (χ4v) is 4.89. The fraction of sp³-hybridized carbons (Fsp3) is 0.231. The van der Waals surface area contributed by atoms with Gasteiger partial charge in [0.2, 0.25) is 0 Å². The quantitative estimate of drug-likeness (QED) is 0.475. The van der Waals surface area contributed by atoms with Crippen LogP contribution in [0.4, 0.5) is 0 Å². The number of phenolic OH excluding ortho intramolecular Hbond substituents is 1. The van der Waals surface area contributed by atoms with Crippen molar-refractivity contribution in [1.82, 2.24) is 0 Å². The molecule has 5 rings (SSSR count). The first-order valence-electron chi connectivity index (χ1n) is 10.3. The van der Waals surface area contributed by atoms with Crippen molar-refractivity contribution in [3.05, 3.63) is 93.0 Å². The van der Waals surface area contributed by atoms with Crippen molar-refractivity contribution >= 4 is 21.7 Å². The largest absolute Gasteiger partial charge is 0.507 e. The van der Waals surface area contributed by atoms with Crippen LogP contribution in [0.25, 0.3) is 5.76 Å². The molecular weight excluding hydrogens is 440 g/mol. The monoisotopic (exact) mass is 462 g/mol. The number of halogens is 1. The van der Waals surface area contributed by atoms with E-state index in [2.05, 4.69) is 40.2 Å². The van der Waals surface area contributed by atoms with E-state index in [0.717, 1.165) is 63.2 Å². The molecule has 4 heteroatoms. The number of methoxy groups -OCH3 is 1. The molecule has 1 heterocycles. The van der Waals surface area contributed by atoms with Crippen molar-refractivity contribution in [3.63, 3.8) is 0 Å². The van der Waals surface area contributed by atoms with Gasteiger partial charge in [-0.3, -0.25) is 0 Å². The Morgan fingerprint density at radius 1 is 1.00 bits per heavy atom. The van der Waals surface area contributed by atoms with Crippen LogP contribution < -0.4 is 9.47 Å². The molecule has 0 bridgehead atoms. The Hall–Kier alpha value is -2.72. The molecule has 152 valence electrons. The molecule has 1 atom stereocenters. The number of aromatic hydroxyl groups is 1. The van der Waals surface area contributed by atoms with Gasteiger partial charge in [0.1, 0.15) is 23.0 Å². The predicted octanol–water partition coefficient (Wildman–Crippen LogP) is 6.61. The Morgan fingerprint density at radius 3 is 2.73 bits per heavy atom. The van der Waals surface area contributed by atoms with Gasteiger partial charge in [0.15, 0.2) is 0 Å². The van der Waals surface area contributed by atoms with E-state index in [0.29, 0.717) is 5.75 Å². The molecule has 0 saturated heterocycles. The number of rotatable bonds is 3. The average Bonchev–Trinajstić information content (AvgIpc) is 2.79. The number of benzene rings is 3. The minimum absolute atomic E-state index is 0.0975. The maximum absolute atomic E-state index is 11.2. The molecule has 1 unspecified atom stereocenters. The minimum atomic E-state index is -0.0975. The zero-order valence-corrected chi connectivity index (χ0v) is 18.4. The van der Waals surface area contributed by atoms with Gasteiger partial charge in [-0.15, -0.1) is 0 Å². The van der Waals surface area contributed by atoms with Gasteiger partial charge in [-0.25, -0.2) is 0 Å². The second-order valence-corrected chi connectivity index (χ2v) is 8.79. The van der Waals surface area contributed by atoms with E-state index in [9.17, 15) is 5.11 Å². The Labute approximate surface area is 185 Å². The van der Waals surface area contributed by atoms with Gasteiger partial charge in [0, 0.05) is 27.1 Å². The van der Waals surface area contributed by atoms with Crippen LogP contribution in [0.5, 0.6) is 17.2 Å². The van der Waals surface area contributed by atoms with Crippen LogP contribution in [0.3, 0.4) is 0 Å². The van der Waals surface area contributed by atoms with E-state index in [1.165, 1.54) is 12.0 Å². The normalized spacial score (nSPS) is 17.4. The van der Waals surface area contributed by atoms with Gasteiger partial charge in [-0.1, -0.05) is 40.2 Å². The first-order chi connectivity index (χ1) is 14.6. The van der Waals surface area contributed by atoms with Crippen molar-refractivity contribution < 1.29 is 14.6 Å². The number of phenols is 1. The number of aryl methyl sites for hydroxylation is 1.